The van der Waals surface area contributed by atoms with Crippen LogP contribution in [0.3, 0.4) is 0 Å². The number of nitrogens with zero attached hydrogens (tertiary/aromatic N) is 2. The first kappa shape index (κ1) is 18.7. The molecule has 1 aliphatic rings. The second kappa shape index (κ2) is 9.06. The van der Waals surface area contributed by atoms with Crippen LogP contribution in [0.4, 0.5) is 0 Å². The van der Waals surface area contributed by atoms with Crippen LogP contribution < -0.4 is 4.74 Å². The predicted octanol–water partition coefficient (Wildman–Crippen LogP) is 3.84. The lowest BCUT2D eigenvalue weighted by Gasteiger charge is -2.25. The van der Waals surface area contributed by atoms with E-state index in [0.29, 0.717) is 10.8 Å². The van der Waals surface area contributed by atoms with Gasteiger partial charge in [-0.1, -0.05) is 48.0 Å². The van der Waals surface area contributed by atoms with Crippen molar-refractivity contribution in [3.05, 3.63) is 65.2 Å². The Hall–Kier alpha value is -2.04. The summed E-state index contributed by atoms with van der Waals surface area (Å²) in [7, 11) is 0. The standard InChI is InChI=1S/C21H25ClN2O2/c1-17(26-20-10-5-9-19(22)15-20)21(25)24-12-6-11-23(13-14-24)16-18-7-3-2-4-8-18/h2-5,7-10,15,17H,6,11-14,16H2,1H3. The number of rotatable bonds is 5. The lowest BCUT2D eigenvalue weighted by molar-refractivity contribution is -0.137. The first-order valence-corrected chi connectivity index (χ1v) is 9.47. The normalized spacial score (nSPS) is 16.8. The van der Waals surface area contributed by atoms with E-state index < -0.39 is 6.10 Å². The maximum absolute atomic E-state index is 12.8. The van der Waals surface area contributed by atoms with E-state index >= 15 is 0 Å². The van der Waals surface area contributed by atoms with Gasteiger partial charge in [-0.05, 0) is 37.1 Å². The maximum Gasteiger partial charge on any atom is 0.263 e. The van der Waals surface area contributed by atoms with Crippen molar-refractivity contribution in [1.29, 1.82) is 0 Å². The molecule has 1 atom stereocenters. The van der Waals surface area contributed by atoms with Crippen molar-refractivity contribution in [2.75, 3.05) is 26.2 Å². The molecule has 1 unspecified atom stereocenters. The zero-order valence-electron chi connectivity index (χ0n) is 15.1. The summed E-state index contributed by atoms with van der Waals surface area (Å²) >= 11 is 5.98. The van der Waals surface area contributed by atoms with E-state index in [1.165, 1.54) is 5.56 Å². The first-order chi connectivity index (χ1) is 12.6. The molecule has 3 rings (SSSR count). The third-order valence-electron chi connectivity index (χ3n) is 4.61. The number of hydrogen-bond acceptors (Lipinski definition) is 3. The third kappa shape index (κ3) is 5.23. The number of amides is 1. The quantitative estimate of drug-likeness (QED) is 0.799. The third-order valence-corrected chi connectivity index (χ3v) is 4.84. The number of ether oxygens (including phenoxy) is 1. The highest BCUT2D eigenvalue weighted by atomic mass is 35.5. The molecular formula is C21H25ClN2O2. The van der Waals surface area contributed by atoms with Crippen molar-refractivity contribution in [2.24, 2.45) is 0 Å². The van der Waals surface area contributed by atoms with Gasteiger partial charge in [0.2, 0.25) is 0 Å². The van der Waals surface area contributed by atoms with Gasteiger partial charge in [0.1, 0.15) is 5.75 Å². The molecule has 1 aliphatic heterocycles. The van der Waals surface area contributed by atoms with Crippen molar-refractivity contribution >= 4 is 17.5 Å². The summed E-state index contributed by atoms with van der Waals surface area (Å²) in [6.45, 7) is 6.11. The molecule has 0 aromatic heterocycles. The second-order valence-corrected chi connectivity index (χ2v) is 7.09. The Morgan fingerprint density at radius 3 is 2.65 bits per heavy atom. The molecule has 0 spiro atoms. The second-order valence-electron chi connectivity index (χ2n) is 6.66. The van der Waals surface area contributed by atoms with Gasteiger partial charge < -0.3 is 9.64 Å². The van der Waals surface area contributed by atoms with E-state index in [1.54, 1.807) is 19.1 Å². The number of carbonyl (C=O) groups excluding carboxylic acids is 1. The van der Waals surface area contributed by atoms with Crippen molar-refractivity contribution < 1.29 is 9.53 Å². The minimum atomic E-state index is -0.519. The number of benzene rings is 2. The molecule has 1 fully saturated rings. The summed E-state index contributed by atoms with van der Waals surface area (Å²) in [6, 6.07) is 17.6. The van der Waals surface area contributed by atoms with E-state index in [-0.39, 0.29) is 5.91 Å². The van der Waals surface area contributed by atoms with Gasteiger partial charge in [-0.3, -0.25) is 9.69 Å². The topological polar surface area (TPSA) is 32.8 Å². The monoisotopic (exact) mass is 372 g/mol. The Balaban J connectivity index is 1.53. The summed E-state index contributed by atoms with van der Waals surface area (Å²) in [5.74, 6) is 0.658. The van der Waals surface area contributed by atoms with Crippen LogP contribution in [0.2, 0.25) is 5.02 Å². The van der Waals surface area contributed by atoms with Crippen LogP contribution in [-0.4, -0.2) is 48.0 Å². The SMILES string of the molecule is CC(Oc1cccc(Cl)c1)C(=O)N1CCCN(Cc2ccccc2)CC1. The van der Waals surface area contributed by atoms with Gasteiger partial charge in [-0.15, -0.1) is 0 Å². The van der Waals surface area contributed by atoms with Crippen LogP contribution >= 0.6 is 11.6 Å². The van der Waals surface area contributed by atoms with Crippen molar-refractivity contribution in [3.63, 3.8) is 0 Å². The first-order valence-electron chi connectivity index (χ1n) is 9.09. The van der Waals surface area contributed by atoms with E-state index in [0.717, 1.165) is 39.1 Å². The number of hydrogen-bond donors (Lipinski definition) is 0. The van der Waals surface area contributed by atoms with Crippen molar-refractivity contribution in [1.82, 2.24) is 9.80 Å². The highest BCUT2D eigenvalue weighted by Crippen LogP contribution is 2.19. The Kier molecular flexibility index (Phi) is 6.53. The Morgan fingerprint density at radius 2 is 1.88 bits per heavy atom. The van der Waals surface area contributed by atoms with Gasteiger partial charge in [-0.2, -0.15) is 0 Å². The Labute approximate surface area is 160 Å². The highest BCUT2D eigenvalue weighted by Gasteiger charge is 2.24. The molecule has 0 bridgehead atoms. The fraction of sp³-hybridized carbons (Fsp3) is 0.381. The Morgan fingerprint density at radius 1 is 1.08 bits per heavy atom. The van der Waals surface area contributed by atoms with Crippen molar-refractivity contribution in [2.45, 2.75) is 26.0 Å². The van der Waals surface area contributed by atoms with Crippen LogP contribution in [0, 0.1) is 0 Å². The van der Waals surface area contributed by atoms with Gasteiger partial charge in [0, 0.05) is 37.7 Å². The van der Waals surface area contributed by atoms with Crippen LogP contribution in [-0.2, 0) is 11.3 Å². The maximum atomic E-state index is 12.8. The average molecular weight is 373 g/mol. The molecule has 5 heteroatoms. The average Bonchev–Trinajstić information content (AvgIpc) is 2.87. The minimum absolute atomic E-state index is 0.0338. The highest BCUT2D eigenvalue weighted by molar-refractivity contribution is 6.30. The lowest BCUT2D eigenvalue weighted by atomic mass is 10.2. The molecular weight excluding hydrogens is 348 g/mol. The summed E-state index contributed by atoms with van der Waals surface area (Å²) in [5.41, 5.74) is 1.31. The molecule has 1 amide bonds. The fourth-order valence-corrected chi connectivity index (χ4v) is 3.42. The molecule has 0 aliphatic carbocycles. The molecule has 26 heavy (non-hydrogen) atoms. The van der Waals surface area contributed by atoms with Gasteiger partial charge in [0.15, 0.2) is 6.10 Å². The minimum Gasteiger partial charge on any atom is -0.481 e. The Bertz CT molecular complexity index is 723. The molecule has 1 heterocycles. The van der Waals surface area contributed by atoms with E-state index in [4.69, 9.17) is 16.3 Å². The van der Waals surface area contributed by atoms with E-state index in [9.17, 15) is 4.79 Å². The predicted molar refractivity (Wildman–Crippen MR) is 104 cm³/mol. The summed E-state index contributed by atoms with van der Waals surface area (Å²) in [5, 5.41) is 0.605. The van der Waals surface area contributed by atoms with Crippen molar-refractivity contribution in [3.8, 4) is 5.75 Å². The summed E-state index contributed by atoms with van der Waals surface area (Å²) in [6.07, 6.45) is 0.455. The lowest BCUT2D eigenvalue weighted by Crippen LogP contribution is -2.42. The number of halogens is 1. The molecule has 0 N–H and O–H groups in total. The van der Waals surface area contributed by atoms with E-state index in [1.807, 2.05) is 23.1 Å². The fourth-order valence-electron chi connectivity index (χ4n) is 3.24. The molecule has 2 aromatic rings. The number of carbonyl (C=O) groups is 1. The molecule has 1 saturated heterocycles. The summed E-state index contributed by atoms with van der Waals surface area (Å²) in [4.78, 5) is 17.1. The van der Waals surface area contributed by atoms with E-state index in [2.05, 4.69) is 29.2 Å². The van der Waals surface area contributed by atoms with Crippen LogP contribution in [0.25, 0.3) is 0 Å². The molecule has 4 nitrogen and oxygen atoms in total. The zero-order valence-corrected chi connectivity index (χ0v) is 15.9. The molecule has 138 valence electrons. The van der Waals surface area contributed by atoms with Gasteiger partial charge in [-0.25, -0.2) is 0 Å². The van der Waals surface area contributed by atoms with Crippen LogP contribution in [0.5, 0.6) is 5.75 Å². The molecule has 0 radical (unpaired) electrons. The van der Waals surface area contributed by atoms with Gasteiger partial charge >= 0.3 is 0 Å². The summed E-state index contributed by atoms with van der Waals surface area (Å²) < 4.78 is 5.78. The van der Waals surface area contributed by atoms with Crippen LogP contribution in [0.15, 0.2) is 54.6 Å². The molecule has 2 aromatic carbocycles. The van der Waals surface area contributed by atoms with Crippen LogP contribution in [0.1, 0.15) is 18.9 Å². The smallest absolute Gasteiger partial charge is 0.263 e. The largest absolute Gasteiger partial charge is 0.481 e. The molecule has 0 saturated carbocycles. The van der Waals surface area contributed by atoms with Gasteiger partial charge in [0.05, 0.1) is 0 Å². The van der Waals surface area contributed by atoms with Gasteiger partial charge in [0.25, 0.3) is 5.91 Å². The zero-order chi connectivity index (χ0) is 18.4.